The van der Waals surface area contributed by atoms with Crippen LogP contribution in [0.2, 0.25) is 0 Å². The third-order valence-corrected chi connectivity index (χ3v) is 3.58. The Balaban J connectivity index is 2.17. The summed E-state index contributed by atoms with van der Waals surface area (Å²) in [5, 5.41) is 0. The molecular formula is C12H16BrN3O. The van der Waals surface area contributed by atoms with Gasteiger partial charge in [-0.05, 0) is 40.4 Å². The molecule has 1 aromatic rings. The van der Waals surface area contributed by atoms with E-state index in [4.69, 9.17) is 5.73 Å². The summed E-state index contributed by atoms with van der Waals surface area (Å²) in [4.78, 5) is 18.2. The Labute approximate surface area is 109 Å². The first kappa shape index (κ1) is 12.5. The van der Waals surface area contributed by atoms with Crippen molar-refractivity contribution in [2.45, 2.75) is 19.4 Å². The minimum absolute atomic E-state index is 0.0422. The van der Waals surface area contributed by atoms with Gasteiger partial charge in [-0.25, -0.2) is 4.98 Å². The number of nitrogens with zero attached hydrogens (tertiary/aromatic N) is 2. The van der Waals surface area contributed by atoms with Gasteiger partial charge < -0.3 is 10.6 Å². The van der Waals surface area contributed by atoms with Crippen LogP contribution < -0.4 is 5.73 Å². The molecule has 1 aliphatic rings. The van der Waals surface area contributed by atoms with Crippen molar-refractivity contribution in [3.8, 4) is 0 Å². The van der Waals surface area contributed by atoms with Crippen LogP contribution in [0.15, 0.2) is 22.8 Å². The highest BCUT2D eigenvalue weighted by atomic mass is 79.9. The first-order chi connectivity index (χ1) is 8.08. The number of hydrogen-bond donors (Lipinski definition) is 1. The van der Waals surface area contributed by atoms with E-state index >= 15 is 0 Å². The number of nitrogens with two attached hydrogens (primary N) is 1. The lowest BCUT2D eigenvalue weighted by atomic mass is 9.96. The molecule has 5 heteroatoms. The van der Waals surface area contributed by atoms with E-state index in [-0.39, 0.29) is 11.9 Å². The van der Waals surface area contributed by atoms with Crippen molar-refractivity contribution in [1.29, 1.82) is 0 Å². The molecule has 0 bridgehead atoms. The number of aromatic nitrogens is 1. The Morgan fingerprint density at radius 3 is 3.00 bits per heavy atom. The highest BCUT2D eigenvalue weighted by Gasteiger charge is 2.27. The summed E-state index contributed by atoms with van der Waals surface area (Å²) in [7, 11) is 0. The Bertz CT molecular complexity index is 414. The second-order valence-corrected chi connectivity index (χ2v) is 5.50. The van der Waals surface area contributed by atoms with Crippen LogP contribution in [0.5, 0.6) is 0 Å². The van der Waals surface area contributed by atoms with Gasteiger partial charge in [-0.1, -0.05) is 6.92 Å². The summed E-state index contributed by atoms with van der Waals surface area (Å²) >= 11 is 3.35. The highest BCUT2D eigenvalue weighted by Crippen LogP contribution is 2.20. The number of carbonyl (C=O) groups excluding carboxylic acids is 1. The van der Waals surface area contributed by atoms with Gasteiger partial charge in [0.05, 0.1) is 0 Å². The third-order valence-electron chi connectivity index (χ3n) is 2.94. The van der Waals surface area contributed by atoms with Crippen molar-refractivity contribution in [2.75, 3.05) is 13.1 Å². The Morgan fingerprint density at radius 1 is 1.59 bits per heavy atom. The smallest absolute Gasteiger partial charge is 0.273 e. The zero-order valence-electron chi connectivity index (χ0n) is 9.77. The molecule has 17 heavy (non-hydrogen) atoms. The van der Waals surface area contributed by atoms with Crippen molar-refractivity contribution in [3.05, 3.63) is 28.5 Å². The standard InChI is InChI=1S/C12H16BrN3O/c1-8-5-9(14)7-16(6-8)12(17)11-10(13)3-2-4-15-11/h2-4,8-9H,5-7,14H2,1H3. The summed E-state index contributed by atoms with van der Waals surface area (Å²) in [6.45, 7) is 3.49. The van der Waals surface area contributed by atoms with Crippen LogP contribution >= 0.6 is 15.9 Å². The van der Waals surface area contributed by atoms with Gasteiger partial charge in [0.25, 0.3) is 5.91 Å². The van der Waals surface area contributed by atoms with E-state index in [9.17, 15) is 4.79 Å². The Kier molecular flexibility index (Phi) is 3.79. The fourth-order valence-corrected chi connectivity index (χ4v) is 2.68. The molecule has 2 unspecified atom stereocenters. The second kappa shape index (κ2) is 5.14. The Hall–Kier alpha value is -0.940. The maximum Gasteiger partial charge on any atom is 0.273 e. The molecule has 1 amide bonds. The normalized spacial score (nSPS) is 24.8. The first-order valence-corrected chi connectivity index (χ1v) is 6.52. The van der Waals surface area contributed by atoms with Crippen LogP contribution in [0, 0.1) is 5.92 Å². The maximum absolute atomic E-state index is 12.3. The summed E-state index contributed by atoms with van der Waals surface area (Å²) in [5.41, 5.74) is 6.41. The molecule has 1 aliphatic heterocycles. The van der Waals surface area contributed by atoms with Gasteiger partial charge in [0.2, 0.25) is 0 Å². The van der Waals surface area contributed by atoms with Crippen molar-refractivity contribution >= 4 is 21.8 Å². The lowest BCUT2D eigenvalue weighted by molar-refractivity contribution is 0.0654. The molecule has 0 aliphatic carbocycles. The largest absolute Gasteiger partial charge is 0.335 e. The first-order valence-electron chi connectivity index (χ1n) is 5.73. The van der Waals surface area contributed by atoms with Crippen LogP contribution in [-0.2, 0) is 0 Å². The van der Waals surface area contributed by atoms with Crippen LogP contribution in [0.4, 0.5) is 0 Å². The number of hydrogen-bond acceptors (Lipinski definition) is 3. The quantitative estimate of drug-likeness (QED) is 0.857. The number of piperidine rings is 1. The topological polar surface area (TPSA) is 59.2 Å². The average Bonchev–Trinajstić information content (AvgIpc) is 2.27. The van der Waals surface area contributed by atoms with E-state index in [1.54, 1.807) is 17.2 Å². The van der Waals surface area contributed by atoms with E-state index in [2.05, 4.69) is 27.8 Å². The molecule has 1 fully saturated rings. The van der Waals surface area contributed by atoms with E-state index < -0.39 is 0 Å². The molecule has 1 aromatic heterocycles. The van der Waals surface area contributed by atoms with Gasteiger partial charge in [-0.3, -0.25) is 4.79 Å². The van der Waals surface area contributed by atoms with Crippen molar-refractivity contribution in [1.82, 2.24) is 9.88 Å². The molecule has 0 radical (unpaired) electrons. The van der Waals surface area contributed by atoms with Crippen LogP contribution in [0.3, 0.4) is 0 Å². The second-order valence-electron chi connectivity index (χ2n) is 4.64. The van der Waals surface area contributed by atoms with Gasteiger partial charge in [0, 0.05) is 29.8 Å². The minimum atomic E-state index is -0.0422. The van der Waals surface area contributed by atoms with E-state index in [1.165, 1.54) is 0 Å². The molecule has 2 rings (SSSR count). The van der Waals surface area contributed by atoms with Crippen molar-refractivity contribution in [3.63, 3.8) is 0 Å². The Morgan fingerprint density at radius 2 is 2.35 bits per heavy atom. The van der Waals surface area contributed by atoms with Crippen molar-refractivity contribution in [2.24, 2.45) is 11.7 Å². The molecule has 0 aromatic carbocycles. The zero-order chi connectivity index (χ0) is 12.4. The lowest BCUT2D eigenvalue weighted by Gasteiger charge is -2.34. The van der Waals surface area contributed by atoms with Gasteiger partial charge in [0.15, 0.2) is 0 Å². The van der Waals surface area contributed by atoms with Gasteiger partial charge in [-0.15, -0.1) is 0 Å². The van der Waals surface area contributed by atoms with Crippen LogP contribution in [0.1, 0.15) is 23.8 Å². The van der Waals surface area contributed by atoms with Crippen molar-refractivity contribution < 1.29 is 4.79 Å². The number of likely N-dealkylation sites (tertiary alicyclic amines) is 1. The molecule has 2 N–H and O–H groups in total. The van der Waals surface area contributed by atoms with E-state index in [1.807, 2.05) is 6.07 Å². The summed E-state index contributed by atoms with van der Waals surface area (Å²) in [5.74, 6) is 0.407. The third kappa shape index (κ3) is 2.84. The monoisotopic (exact) mass is 297 g/mol. The van der Waals surface area contributed by atoms with Crippen LogP contribution in [0.25, 0.3) is 0 Å². The number of amides is 1. The lowest BCUT2D eigenvalue weighted by Crippen LogP contribution is -2.49. The minimum Gasteiger partial charge on any atom is -0.335 e. The highest BCUT2D eigenvalue weighted by molar-refractivity contribution is 9.10. The SMILES string of the molecule is CC1CC(N)CN(C(=O)c2ncccc2Br)C1. The number of carbonyl (C=O) groups is 1. The molecule has 4 nitrogen and oxygen atoms in total. The molecular weight excluding hydrogens is 282 g/mol. The molecule has 1 saturated heterocycles. The molecule has 0 saturated carbocycles. The summed E-state index contributed by atoms with van der Waals surface area (Å²) < 4.78 is 0.733. The molecule has 2 atom stereocenters. The summed E-state index contributed by atoms with van der Waals surface area (Å²) in [6.07, 6.45) is 2.61. The number of halogens is 1. The summed E-state index contributed by atoms with van der Waals surface area (Å²) in [6, 6.07) is 3.70. The zero-order valence-corrected chi connectivity index (χ0v) is 11.4. The fraction of sp³-hybridized carbons (Fsp3) is 0.500. The fourth-order valence-electron chi connectivity index (χ4n) is 2.26. The maximum atomic E-state index is 12.3. The van der Waals surface area contributed by atoms with Gasteiger partial charge in [-0.2, -0.15) is 0 Å². The molecule has 2 heterocycles. The predicted molar refractivity (Wildman–Crippen MR) is 69.6 cm³/mol. The van der Waals surface area contributed by atoms with Gasteiger partial charge >= 0.3 is 0 Å². The van der Waals surface area contributed by atoms with Crippen LogP contribution in [-0.4, -0.2) is 34.9 Å². The molecule has 0 spiro atoms. The predicted octanol–water partition coefficient (Wildman–Crippen LogP) is 1.65. The van der Waals surface area contributed by atoms with E-state index in [0.29, 0.717) is 18.2 Å². The van der Waals surface area contributed by atoms with Gasteiger partial charge in [0.1, 0.15) is 5.69 Å². The molecule has 92 valence electrons. The van der Waals surface area contributed by atoms with E-state index in [0.717, 1.165) is 17.4 Å². The number of pyridine rings is 1. The average molecular weight is 298 g/mol. The number of rotatable bonds is 1.